The molecule has 0 saturated carbocycles. The van der Waals surface area contributed by atoms with E-state index < -0.39 is 0 Å². The van der Waals surface area contributed by atoms with Crippen LogP contribution < -0.4 is 15.0 Å². The lowest BCUT2D eigenvalue weighted by Gasteiger charge is -2.21. The maximum Gasteiger partial charge on any atom is 0.323 e. The zero-order valence-corrected chi connectivity index (χ0v) is 17.8. The minimum Gasteiger partial charge on any atom is -0.459 e. The van der Waals surface area contributed by atoms with Gasteiger partial charge in [-0.3, -0.25) is 4.79 Å². The van der Waals surface area contributed by atoms with Gasteiger partial charge in [0.05, 0.1) is 0 Å². The molecule has 0 atom stereocenters. The molecule has 0 fully saturated rings. The van der Waals surface area contributed by atoms with Crippen LogP contribution in [0.1, 0.15) is 15.9 Å². The Morgan fingerprint density at radius 1 is 0.938 bits per heavy atom. The van der Waals surface area contributed by atoms with Gasteiger partial charge in [-0.1, -0.05) is 61.2 Å². The number of hydrogen-bond acceptors (Lipinski definition) is 7. The Bertz CT molecular complexity index is 1380. The highest BCUT2D eigenvalue weighted by Gasteiger charge is 2.25. The highest BCUT2D eigenvalue weighted by Crippen LogP contribution is 2.42. The third-order valence-corrected chi connectivity index (χ3v) is 5.33. The second kappa shape index (κ2) is 7.77. The maximum atomic E-state index is 13.1. The summed E-state index contributed by atoms with van der Waals surface area (Å²) < 4.78 is 5.54. The number of benzene rings is 3. The van der Waals surface area contributed by atoms with Gasteiger partial charge in [-0.2, -0.15) is 15.0 Å². The lowest BCUT2D eigenvalue weighted by Crippen LogP contribution is -2.15. The van der Waals surface area contributed by atoms with Crippen LogP contribution in [0.2, 0.25) is 0 Å². The number of carbonyl (C=O) groups is 1. The Morgan fingerprint density at radius 2 is 1.72 bits per heavy atom. The van der Waals surface area contributed by atoms with E-state index in [1.165, 1.54) is 0 Å². The molecule has 5 rings (SSSR count). The molecular formula is C25H21N5O2. The van der Waals surface area contributed by atoms with E-state index in [2.05, 4.69) is 26.8 Å². The molecule has 0 saturated heterocycles. The van der Waals surface area contributed by atoms with E-state index >= 15 is 0 Å². The number of nitrogens with zero attached hydrogens (tertiary/aromatic N) is 4. The Kier molecular flexibility index (Phi) is 4.78. The number of nitrogens with one attached hydrogen (secondary N) is 1. The number of fused-ring (bicyclic) bond motifs is 2. The van der Waals surface area contributed by atoms with Gasteiger partial charge in [0.1, 0.15) is 6.61 Å². The zero-order chi connectivity index (χ0) is 22.2. The molecule has 1 aliphatic carbocycles. The summed E-state index contributed by atoms with van der Waals surface area (Å²) in [6.07, 6.45) is 1.63. The third kappa shape index (κ3) is 3.24. The van der Waals surface area contributed by atoms with E-state index in [-0.39, 0.29) is 11.8 Å². The van der Waals surface area contributed by atoms with Gasteiger partial charge in [-0.05, 0) is 17.2 Å². The molecule has 1 N–H and O–H groups in total. The quantitative estimate of drug-likeness (QED) is 0.400. The summed E-state index contributed by atoms with van der Waals surface area (Å²) in [6, 6.07) is 17.7. The highest BCUT2D eigenvalue weighted by atomic mass is 16.5. The van der Waals surface area contributed by atoms with Crippen molar-refractivity contribution in [1.29, 1.82) is 0 Å². The summed E-state index contributed by atoms with van der Waals surface area (Å²) in [5, 5.41) is 5.14. The van der Waals surface area contributed by atoms with Gasteiger partial charge in [0.2, 0.25) is 11.9 Å². The van der Waals surface area contributed by atoms with Crippen molar-refractivity contribution >= 4 is 34.1 Å². The van der Waals surface area contributed by atoms with Crippen molar-refractivity contribution in [2.45, 2.75) is 0 Å². The van der Waals surface area contributed by atoms with Gasteiger partial charge in [-0.25, -0.2) is 0 Å². The number of anilines is 3. The molecule has 0 radical (unpaired) electrons. The Morgan fingerprint density at radius 3 is 2.50 bits per heavy atom. The molecule has 3 aromatic carbocycles. The molecule has 1 heterocycles. The first kappa shape index (κ1) is 19.7. The molecular weight excluding hydrogens is 402 g/mol. The fourth-order valence-corrected chi connectivity index (χ4v) is 3.91. The summed E-state index contributed by atoms with van der Waals surface area (Å²) in [6.45, 7) is 3.95. The maximum absolute atomic E-state index is 13.1. The van der Waals surface area contributed by atoms with Crippen molar-refractivity contribution in [1.82, 2.24) is 15.0 Å². The second-order valence-corrected chi connectivity index (χ2v) is 7.62. The van der Waals surface area contributed by atoms with Gasteiger partial charge in [0, 0.05) is 41.7 Å². The molecule has 0 unspecified atom stereocenters. The zero-order valence-electron chi connectivity index (χ0n) is 17.8. The molecule has 32 heavy (non-hydrogen) atoms. The van der Waals surface area contributed by atoms with Crippen LogP contribution in [0.4, 0.5) is 17.6 Å². The number of carbonyl (C=O) groups excluding carboxylic acids is 1. The van der Waals surface area contributed by atoms with E-state index in [1.807, 2.05) is 68.7 Å². The number of aromatic nitrogens is 3. The Labute approximate surface area is 185 Å². The molecule has 158 valence electrons. The van der Waals surface area contributed by atoms with Gasteiger partial charge in [0.25, 0.3) is 0 Å². The topological polar surface area (TPSA) is 80.2 Å². The van der Waals surface area contributed by atoms with Crippen molar-refractivity contribution in [2.75, 3.05) is 30.9 Å². The van der Waals surface area contributed by atoms with Crippen molar-refractivity contribution < 1.29 is 9.53 Å². The first-order valence-electron chi connectivity index (χ1n) is 10.2. The lowest BCUT2D eigenvalue weighted by atomic mass is 9.82. The van der Waals surface area contributed by atoms with Gasteiger partial charge < -0.3 is 15.0 Å². The minimum absolute atomic E-state index is 0.0333. The van der Waals surface area contributed by atoms with Crippen LogP contribution in [-0.4, -0.2) is 41.4 Å². The van der Waals surface area contributed by atoms with Gasteiger partial charge >= 0.3 is 6.01 Å². The Balaban J connectivity index is 1.64. The van der Waals surface area contributed by atoms with Crippen molar-refractivity contribution in [3.63, 3.8) is 0 Å². The summed E-state index contributed by atoms with van der Waals surface area (Å²) in [4.78, 5) is 28.1. The molecule has 0 spiro atoms. The van der Waals surface area contributed by atoms with Gasteiger partial charge in [-0.15, -0.1) is 0 Å². The smallest absolute Gasteiger partial charge is 0.323 e. The van der Waals surface area contributed by atoms with Crippen molar-refractivity contribution in [2.24, 2.45) is 0 Å². The standard InChI is InChI=1S/C25H21N5O2/c1-4-14-32-25-28-23(27-24(29-25)30(2)3)26-20-13-12-16-15-8-5-6-9-17(15)22(31)19-11-7-10-18(20)21(16)19/h4-13H,1,14H2,2-3H3,(H,26,27,28,29). The van der Waals surface area contributed by atoms with Crippen LogP contribution in [0.3, 0.4) is 0 Å². The van der Waals surface area contributed by atoms with E-state index in [0.717, 1.165) is 33.2 Å². The van der Waals surface area contributed by atoms with Crippen LogP contribution in [0.5, 0.6) is 6.01 Å². The molecule has 7 nitrogen and oxygen atoms in total. The van der Waals surface area contributed by atoms with E-state index in [1.54, 1.807) is 11.0 Å². The molecule has 0 aliphatic heterocycles. The van der Waals surface area contributed by atoms with Crippen LogP contribution >= 0.6 is 0 Å². The SMILES string of the molecule is C=CCOc1nc(Nc2ccc3c4c(cccc24)C(=O)c2ccccc2-3)nc(N(C)C)n1. The largest absolute Gasteiger partial charge is 0.459 e. The molecule has 0 amide bonds. The molecule has 1 aromatic heterocycles. The third-order valence-electron chi connectivity index (χ3n) is 5.33. The van der Waals surface area contributed by atoms with E-state index in [4.69, 9.17) is 4.74 Å². The summed E-state index contributed by atoms with van der Waals surface area (Å²) in [5.74, 6) is 0.852. The predicted octanol–water partition coefficient (Wildman–Crippen LogP) is 4.61. The average molecular weight is 423 g/mol. The van der Waals surface area contributed by atoms with Gasteiger partial charge in [0.15, 0.2) is 5.78 Å². The first-order chi connectivity index (χ1) is 15.6. The van der Waals surface area contributed by atoms with Crippen LogP contribution in [-0.2, 0) is 0 Å². The van der Waals surface area contributed by atoms with Crippen molar-refractivity contribution in [3.05, 3.63) is 78.4 Å². The second-order valence-electron chi connectivity index (χ2n) is 7.62. The average Bonchev–Trinajstić information content (AvgIpc) is 2.81. The lowest BCUT2D eigenvalue weighted by molar-refractivity contribution is 0.104. The number of rotatable bonds is 6. The Hall–Kier alpha value is -4.26. The van der Waals surface area contributed by atoms with E-state index in [9.17, 15) is 4.79 Å². The normalized spacial score (nSPS) is 11.8. The van der Waals surface area contributed by atoms with Crippen molar-refractivity contribution in [3.8, 4) is 17.1 Å². The molecule has 4 aromatic rings. The fourth-order valence-electron chi connectivity index (χ4n) is 3.91. The summed E-state index contributed by atoms with van der Waals surface area (Å²) >= 11 is 0. The molecule has 7 heteroatoms. The first-order valence-corrected chi connectivity index (χ1v) is 10.2. The molecule has 0 bridgehead atoms. The molecule has 1 aliphatic rings. The summed E-state index contributed by atoms with van der Waals surface area (Å²) in [5.41, 5.74) is 4.20. The monoisotopic (exact) mass is 423 g/mol. The number of ketones is 1. The fraction of sp³-hybridized carbons (Fsp3) is 0.120. The van der Waals surface area contributed by atoms with E-state index in [0.29, 0.717) is 24.1 Å². The highest BCUT2D eigenvalue weighted by molar-refractivity contribution is 6.27. The summed E-state index contributed by atoms with van der Waals surface area (Å²) in [7, 11) is 3.70. The van der Waals surface area contributed by atoms with Crippen LogP contribution in [0.15, 0.2) is 67.3 Å². The number of hydrogen-bond donors (Lipinski definition) is 1. The number of ether oxygens (including phenoxy) is 1. The predicted molar refractivity (Wildman–Crippen MR) is 126 cm³/mol. The van der Waals surface area contributed by atoms with Crippen LogP contribution in [0.25, 0.3) is 21.9 Å². The minimum atomic E-state index is 0.0333. The van der Waals surface area contributed by atoms with Crippen LogP contribution in [0, 0.1) is 0 Å².